The molecular formula is C22H23N5O3. The highest BCUT2D eigenvalue weighted by atomic mass is 16.4. The van der Waals surface area contributed by atoms with E-state index in [1.165, 1.54) is 4.57 Å². The highest BCUT2D eigenvalue weighted by Gasteiger charge is 2.21. The SMILES string of the molecule is O=C(CCn1c(=O)oc2ccccc21)N1CCCN(c2nc3ccccc3[nH]2)CC1. The molecule has 2 aromatic heterocycles. The Labute approximate surface area is 172 Å². The predicted molar refractivity (Wildman–Crippen MR) is 115 cm³/mol. The average molecular weight is 405 g/mol. The van der Waals surface area contributed by atoms with E-state index >= 15 is 0 Å². The van der Waals surface area contributed by atoms with Crippen molar-refractivity contribution in [2.45, 2.75) is 19.4 Å². The molecule has 0 bridgehead atoms. The Bertz CT molecular complexity index is 1220. The van der Waals surface area contributed by atoms with E-state index in [1.807, 2.05) is 47.4 Å². The second kappa shape index (κ2) is 7.70. The largest absolute Gasteiger partial charge is 0.419 e. The summed E-state index contributed by atoms with van der Waals surface area (Å²) in [6, 6.07) is 15.2. The summed E-state index contributed by atoms with van der Waals surface area (Å²) in [5.74, 6) is 0.483. The Morgan fingerprint density at radius 1 is 1.03 bits per heavy atom. The first-order valence-corrected chi connectivity index (χ1v) is 10.2. The summed E-state index contributed by atoms with van der Waals surface area (Å²) in [6.07, 6.45) is 1.14. The van der Waals surface area contributed by atoms with E-state index in [1.54, 1.807) is 6.07 Å². The summed E-state index contributed by atoms with van der Waals surface area (Å²) in [6.45, 7) is 3.22. The molecule has 0 saturated carbocycles. The number of aromatic nitrogens is 3. The zero-order chi connectivity index (χ0) is 20.5. The fourth-order valence-electron chi connectivity index (χ4n) is 4.06. The molecule has 30 heavy (non-hydrogen) atoms. The molecule has 0 unspecified atom stereocenters. The minimum absolute atomic E-state index is 0.0543. The number of fused-ring (bicyclic) bond motifs is 2. The quantitative estimate of drug-likeness (QED) is 0.564. The third-order valence-electron chi connectivity index (χ3n) is 5.65. The van der Waals surface area contributed by atoms with E-state index in [-0.39, 0.29) is 12.3 Å². The third-order valence-corrected chi connectivity index (χ3v) is 5.65. The van der Waals surface area contributed by atoms with Crippen molar-refractivity contribution < 1.29 is 9.21 Å². The first-order valence-electron chi connectivity index (χ1n) is 10.2. The van der Waals surface area contributed by atoms with Crippen LogP contribution in [-0.4, -0.2) is 51.5 Å². The van der Waals surface area contributed by atoms with Gasteiger partial charge in [0.1, 0.15) is 0 Å². The normalized spacial score (nSPS) is 15.1. The van der Waals surface area contributed by atoms with Crippen molar-refractivity contribution in [2.24, 2.45) is 0 Å². The van der Waals surface area contributed by atoms with Crippen molar-refractivity contribution in [3.63, 3.8) is 0 Å². The van der Waals surface area contributed by atoms with Crippen LogP contribution in [0.2, 0.25) is 0 Å². The number of hydrogen-bond donors (Lipinski definition) is 1. The highest BCUT2D eigenvalue weighted by Crippen LogP contribution is 2.19. The topological polar surface area (TPSA) is 87.4 Å². The summed E-state index contributed by atoms with van der Waals surface area (Å²) in [4.78, 5) is 37.0. The van der Waals surface area contributed by atoms with Gasteiger partial charge >= 0.3 is 5.76 Å². The molecule has 1 aliphatic rings. The fraction of sp³-hybridized carbons (Fsp3) is 0.318. The van der Waals surface area contributed by atoms with Crippen molar-refractivity contribution in [2.75, 3.05) is 31.1 Å². The van der Waals surface area contributed by atoms with Gasteiger partial charge in [0, 0.05) is 39.1 Å². The number of benzene rings is 2. The number of hydrogen-bond acceptors (Lipinski definition) is 5. The van der Waals surface area contributed by atoms with E-state index in [0.29, 0.717) is 25.2 Å². The third kappa shape index (κ3) is 3.45. The molecule has 154 valence electrons. The summed E-state index contributed by atoms with van der Waals surface area (Å²) >= 11 is 0. The molecule has 1 fully saturated rings. The number of aromatic amines is 1. The first-order chi connectivity index (χ1) is 14.7. The number of rotatable bonds is 4. The van der Waals surface area contributed by atoms with Crippen LogP contribution in [0.4, 0.5) is 5.95 Å². The fourth-order valence-corrected chi connectivity index (χ4v) is 4.06. The van der Waals surface area contributed by atoms with E-state index < -0.39 is 5.76 Å². The molecule has 1 amide bonds. The number of oxazole rings is 1. The number of imidazole rings is 1. The number of amides is 1. The van der Waals surface area contributed by atoms with Crippen LogP contribution in [0.15, 0.2) is 57.7 Å². The number of aryl methyl sites for hydroxylation is 1. The van der Waals surface area contributed by atoms with Crippen LogP contribution in [0.25, 0.3) is 22.1 Å². The van der Waals surface area contributed by atoms with Crippen LogP contribution in [0.3, 0.4) is 0 Å². The summed E-state index contributed by atoms with van der Waals surface area (Å²) < 4.78 is 6.78. The first kappa shape index (κ1) is 18.5. The van der Waals surface area contributed by atoms with Gasteiger partial charge in [-0.3, -0.25) is 9.36 Å². The molecule has 8 nitrogen and oxygen atoms in total. The van der Waals surface area contributed by atoms with Crippen LogP contribution in [-0.2, 0) is 11.3 Å². The van der Waals surface area contributed by atoms with Crippen LogP contribution >= 0.6 is 0 Å². The maximum absolute atomic E-state index is 12.8. The summed E-state index contributed by atoms with van der Waals surface area (Å²) in [5, 5.41) is 0. The van der Waals surface area contributed by atoms with Gasteiger partial charge in [-0.05, 0) is 30.7 Å². The summed E-state index contributed by atoms with van der Waals surface area (Å²) in [7, 11) is 0. The van der Waals surface area contributed by atoms with Crippen LogP contribution in [0.5, 0.6) is 0 Å². The molecule has 0 aliphatic carbocycles. The number of carbonyl (C=O) groups is 1. The minimum Gasteiger partial charge on any atom is -0.408 e. The van der Waals surface area contributed by atoms with E-state index in [9.17, 15) is 9.59 Å². The van der Waals surface area contributed by atoms with Gasteiger partial charge in [-0.25, -0.2) is 9.78 Å². The molecule has 0 spiro atoms. The molecule has 0 atom stereocenters. The van der Waals surface area contributed by atoms with Gasteiger partial charge in [0.25, 0.3) is 0 Å². The van der Waals surface area contributed by atoms with Crippen molar-refractivity contribution in [1.82, 2.24) is 19.4 Å². The maximum Gasteiger partial charge on any atom is 0.419 e. The van der Waals surface area contributed by atoms with Crippen molar-refractivity contribution in [1.29, 1.82) is 0 Å². The maximum atomic E-state index is 12.8. The number of H-pyrrole nitrogens is 1. The van der Waals surface area contributed by atoms with Crippen LogP contribution in [0, 0.1) is 0 Å². The zero-order valence-corrected chi connectivity index (χ0v) is 16.6. The number of para-hydroxylation sites is 4. The van der Waals surface area contributed by atoms with Crippen molar-refractivity contribution in [3.05, 3.63) is 59.1 Å². The predicted octanol–water partition coefficient (Wildman–Crippen LogP) is 2.60. The van der Waals surface area contributed by atoms with E-state index in [2.05, 4.69) is 14.9 Å². The highest BCUT2D eigenvalue weighted by molar-refractivity contribution is 5.78. The Balaban J connectivity index is 1.23. The monoisotopic (exact) mass is 405 g/mol. The Hall–Kier alpha value is -3.55. The molecule has 1 aliphatic heterocycles. The number of carbonyl (C=O) groups excluding carboxylic acids is 1. The molecule has 8 heteroatoms. The van der Waals surface area contributed by atoms with Crippen molar-refractivity contribution in [3.8, 4) is 0 Å². The molecular weight excluding hydrogens is 382 g/mol. The Morgan fingerprint density at radius 3 is 2.77 bits per heavy atom. The van der Waals surface area contributed by atoms with Gasteiger partial charge in [-0.1, -0.05) is 24.3 Å². The standard InChI is InChI=1S/C22H23N5O3/c28-20(10-13-27-18-8-3-4-9-19(18)30-22(27)29)25-11-5-12-26(15-14-25)21-23-16-6-1-2-7-17(16)24-21/h1-4,6-9H,5,10-15H2,(H,23,24). The molecule has 3 heterocycles. The smallest absolute Gasteiger partial charge is 0.408 e. The number of nitrogens with one attached hydrogen (secondary N) is 1. The van der Waals surface area contributed by atoms with Crippen molar-refractivity contribution >= 4 is 34.0 Å². The van der Waals surface area contributed by atoms with E-state index in [4.69, 9.17) is 4.42 Å². The van der Waals surface area contributed by atoms with Gasteiger partial charge in [0.05, 0.1) is 16.6 Å². The van der Waals surface area contributed by atoms with Gasteiger partial charge < -0.3 is 19.2 Å². The summed E-state index contributed by atoms with van der Waals surface area (Å²) in [5.41, 5.74) is 3.23. The van der Waals surface area contributed by atoms with Gasteiger partial charge in [0.2, 0.25) is 11.9 Å². The molecule has 2 aromatic carbocycles. The van der Waals surface area contributed by atoms with Gasteiger partial charge in [0.15, 0.2) is 5.58 Å². The number of anilines is 1. The molecule has 4 aromatic rings. The lowest BCUT2D eigenvalue weighted by molar-refractivity contribution is -0.131. The molecule has 1 saturated heterocycles. The van der Waals surface area contributed by atoms with E-state index in [0.717, 1.165) is 42.0 Å². The van der Waals surface area contributed by atoms with Crippen LogP contribution < -0.4 is 10.7 Å². The lowest BCUT2D eigenvalue weighted by Crippen LogP contribution is -2.36. The Kier molecular flexibility index (Phi) is 4.74. The second-order valence-electron chi connectivity index (χ2n) is 7.54. The Morgan fingerprint density at radius 2 is 1.87 bits per heavy atom. The molecule has 0 radical (unpaired) electrons. The molecule has 5 rings (SSSR count). The van der Waals surface area contributed by atoms with Gasteiger partial charge in [-0.2, -0.15) is 0 Å². The second-order valence-corrected chi connectivity index (χ2v) is 7.54. The zero-order valence-electron chi connectivity index (χ0n) is 16.6. The lowest BCUT2D eigenvalue weighted by Gasteiger charge is -2.21. The lowest BCUT2D eigenvalue weighted by atomic mass is 10.3. The minimum atomic E-state index is -0.420. The molecule has 1 N–H and O–H groups in total. The van der Waals surface area contributed by atoms with Gasteiger partial charge in [-0.15, -0.1) is 0 Å². The number of nitrogens with zero attached hydrogens (tertiary/aromatic N) is 4. The average Bonchev–Trinajstić information content (AvgIpc) is 3.22. The van der Waals surface area contributed by atoms with Crippen LogP contribution in [0.1, 0.15) is 12.8 Å².